The molecule has 5 nitrogen and oxygen atoms in total. The average molecular weight is 418 g/mol. The van der Waals surface area contributed by atoms with E-state index in [0.29, 0.717) is 24.4 Å². The lowest BCUT2D eigenvalue weighted by Crippen LogP contribution is -2.30. The number of thioether (sulfide) groups is 1. The molecule has 1 atom stereocenters. The molecule has 1 aliphatic heterocycles. The van der Waals surface area contributed by atoms with E-state index < -0.39 is 0 Å². The number of aromatic nitrogens is 1. The summed E-state index contributed by atoms with van der Waals surface area (Å²) in [6.45, 7) is 1.08. The van der Waals surface area contributed by atoms with E-state index >= 15 is 0 Å². The van der Waals surface area contributed by atoms with Crippen LogP contribution in [0.2, 0.25) is 0 Å². The van der Waals surface area contributed by atoms with Crippen LogP contribution in [0.5, 0.6) is 0 Å². The van der Waals surface area contributed by atoms with Crippen LogP contribution < -0.4 is 5.32 Å². The number of carbonyl (C=O) groups is 2. The molecule has 1 aromatic heterocycles. The summed E-state index contributed by atoms with van der Waals surface area (Å²) in [4.78, 5) is 31.0. The second kappa shape index (κ2) is 9.59. The van der Waals surface area contributed by atoms with Gasteiger partial charge in [-0.25, -0.2) is 0 Å². The first-order chi connectivity index (χ1) is 14.7. The van der Waals surface area contributed by atoms with Gasteiger partial charge in [0.15, 0.2) is 0 Å². The molecule has 6 heteroatoms. The molecule has 1 aliphatic rings. The van der Waals surface area contributed by atoms with Crippen LogP contribution in [-0.4, -0.2) is 34.0 Å². The molecule has 0 aliphatic carbocycles. The summed E-state index contributed by atoms with van der Waals surface area (Å²) < 4.78 is 0. The van der Waals surface area contributed by atoms with Gasteiger partial charge in [0.05, 0.1) is 18.0 Å². The number of amides is 2. The van der Waals surface area contributed by atoms with Crippen molar-refractivity contribution >= 4 is 23.6 Å². The van der Waals surface area contributed by atoms with Gasteiger partial charge in [0.2, 0.25) is 5.91 Å². The molecule has 0 spiro atoms. The van der Waals surface area contributed by atoms with Crippen molar-refractivity contribution in [1.82, 2.24) is 15.2 Å². The molecule has 1 fully saturated rings. The Balaban J connectivity index is 1.38. The molecule has 4 rings (SSSR count). The molecule has 1 saturated heterocycles. The molecule has 2 heterocycles. The predicted octanol–water partition coefficient (Wildman–Crippen LogP) is 3.83. The maximum absolute atomic E-state index is 12.4. The molecule has 0 radical (unpaired) electrons. The zero-order valence-electron chi connectivity index (χ0n) is 16.5. The molecule has 3 aromatic rings. The van der Waals surface area contributed by atoms with Crippen LogP contribution >= 0.6 is 11.8 Å². The van der Waals surface area contributed by atoms with Crippen LogP contribution in [0.4, 0.5) is 0 Å². The molecule has 0 saturated carbocycles. The van der Waals surface area contributed by atoms with Crippen LogP contribution in [-0.2, 0) is 17.8 Å². The van der Waals surface area contributed by atoms with Crippen LogP contribution in [0, 0.1) is 0 Å². The third-order valence-corrected chi connectivity index (χ3v) is 6.32. The first kappa shape index (κ1) is 20.2. The monoisotopic (exact) mass is 417 g/mol. The number of hydrogen-bond acceptors (Lipinski definition) is 4. The standard InChI is InChI=1S/C24H23N3O2S/c28-22-17-30-24(27(22)15-13-18-6-2-1-3-7-18)20-11-9-19(10-12-20)23(29)26-16-21-8-4-5-14-25-21/h1-12,14,24H,13,15-17H2,(H,26,29)/t24-/m0/s1. The molecule has 0 bridgehead atoms. The number of rotatable bonds is 7. The summed E-state index contributed by atoms with van der Waals surface area (Å²) in [5, 5.41) is 2.88. The normalized spacial score (nSPS) is 15.9. The minimum absolute atomic E-state index is 0.00755. The van der Waals surface area contributed by atoms with E-state index in [4.69, 9.17) is 0 Å². The van der Waals surface area contributed by atoms with E-state index in [1.54, 1.807) is 18.0 Å². The van der Waals surface area contributed by atoms with Gasteiger partial charge in [-0.3, -0.25) is 14.6 Å². The molecular weight excluding hydrogens is 394 g/mol. The highest BCUT2D eigenvalue weighted by atomic mass is 32.2. The van der Waals surface area contributed by atoms with Crippen LogP contribution in [0.3, 0.4) is 0 Å². The van der Waals surface area contributed by atoms with E-state index in [1.165, 1.54) is 5.56 Å². The molecule has 152 valence electrons. The summed E-state index contributed by atoms with van der Waals surface area (Å²) in [5.41, 5.74) is 3.68. The largest absolute Gasteiger partial charge is 0.346 e. The fourth-order valence-electron chi connectivity index (χ4n) is 3.44. The Morgan fingerprint density at radius 2 is 1.80 bits per heavy atom. The summed E-state index contributed by atoms with van der Waals surface area (Å²) >= 11 is 1.64. The fraction of sp³-hybridized carbons (Fsp3) is 0.208. The van der Waals surface area contributed by atoms with Crippen LogP contribution in [0.15, 0.2) is 79.0 Å². The van der Waals surface area contributed by atoms with Gasteiger partial charge in [-0.15, -0.1) is 11.8 Å². The van der Waals surface area contributed by atoms with Crippen molar-refractivity contribution in [3.05, 3.63) is 101 Å². The van der Waals surface area contributed by atoms with E-state index in [0.717, 1.165) is 17.7 Å². The number of pyridine rings is 1. The van der Waals surface area contributed by atoms with Gasteiger partial charge in [0.1, 0.15) is 5.37 Å². The zero-order valence-corrected chi connectivity index (χ0v) is 17.3. The van der Waals surface area contributed by atoms with Crippen molar-refractivity contribution in [2.24, 2.45) is 0 Å². The zero-order chi connectivity index (χ0) is 20.8. The molecule has 0 unspecified atom stereocenters. The van der Waals surface area contributed by atoms with Gasteiger partial charge >= 0.3 is 0 Å². The predicted molar refractivity (Wildman–Crippen MR) is 119 cm³/mol. The topological polar surface area (TPSA) is 62.3 Å². The Kier molecular flexibility index (Phi) is 6.44. The SMILES string of the molecule is O=C(NCc1ccccn1)c1ccc([C@@H]2SCC(=O)N2CCc2ccccc2)cc1. The van der Waals surface area contributed by atoms with Crippen molar-refractivity contribution in [3.63, 3.8) is 0 Å². The maximum atomic E-state index is 12.4. The first-order valence-electron chi connectivity index (χ1n) is 9.94. The quantitative estimate of drug-likeness (QED) is 0.635. The van der Waals surface area contributed by atoms with Gasteiger partial charge in [-0.1, -0.05) is 48.5 Å². The van der Waals surface area contributed by atoms with Gasteiger partial charge in [-0.2, -0.15) is 0 Å². The van der Waals surface area contributed by atoms with Gasteiger partial charge in [0, 0.05) is 18.3 Å². The highest BCUT2D eigenvalue weighted by molar-refractivity contribution is 8.00. The fourth-order valence-corrected chi connectivity index (χ4v) is 4.66. The smallest absolute Gasteiger partial charge is 0.251 e. The number of nitrogens with zero attached hydrogens (tertiary/aromatic N) is 2. The van der Waals surface area contributed by atoms with Gasteiger partial charge in [-0.05, 0) is 41.8 Å². The lowest BCUT2D eigenvalue weighted by Gasteiger charge is -2.24. The Morgan fingerprint density at radius 1 is 1.03 bits per heavy atom. The number of nitrogens with one attached hydrogen (secondary N) is 1. The molecule has 30 heavy (non-hydrogen) atoms. The Morgan fingerprint density at radius 3 is 2.53 bits per heavy atom. The van der Waals surface area contributed by atoms with Gasteiger partial charge < -0.3 is 10.2 Å². The van der Waals surface area contributed by atoms with E-state index in [-0.39, 0.29) is 17.2 Å². The van der Waals surface area contributed by atoms with Crippen molar-refractivity contribution in [3.8, 4) is 0 Å². The molecule has 2 amide bonds. The number of hydrogen-bond donors (Lipinski definition) is 1. The second-order valence-corrected chi connectivity index (χ2v) is 8.18. The highest BCUT2D eigenvalue weighted by Gasteiger charge is 2.32. The minimum Gasteiger partial charge on any atom is -0.346 e. The summed E-state index contributed by atoms with van der Waals surface area (Å²) in [6, 6.07) is 23.4. The summed E-state index contributed by atoms with van der Waals surface area (Å²) in [7, 11) is 0. The Bertz CT molecular complexity index is 994. The minimum atomic E-state index is -0.136. The Labute approximate surface area is 180 Å². The highest BCUT2D eigenvalue weighted by Crippen LogP contribution is 2.38. The average Bonchev–Trinajstić information content (AvgIpc) is 3.18. The number of carbonyl (C=O) groups excluding carboxylic acids is 2. The van der Waals surface area contributed by atoms with E-state index in [1.807, 2.05) is 65.6 Å². The first-order valence-corrected chi connectivity index (χ1v) is 11.0. The lowest BCUT2D eigenvalue weighted by molar-refractivity contribution is -0.128. The molecule has 1 N–H and O–H groups in total. The van der Waals surface area contributed by atoms with Crippen LogP contribution in [0.25, 0.3) is 0 Å². The van der Waals surface area contributed by atoms with Crippen molar-refractivity contribution in [2.45, 2.75) is 18.3 Å². The van der Waals surface area contributed by atoms with Crippen molar-refractivity contribution in [2.75, 3.05) is 12.3 Å². The summed E-state index contributed by atoms with van der Waals surface area (Å²) in [6.07, 6.45) is 2.54. The molecule has 2 aromatic carbocycles. The third-order valence-electron chi connectivity index (χ3n) is 5.07. The maximum Gasteiger partial charge on any atom is 0.251 e. The van der Waals surface area contributed by atoms with E-state index in [9.17, 15) is 9.59 Å². The van der Waals surface area contributed by atoms with E-state index in [2.05, 4.69) is 22.4 Å². The van der Waals surface area contributed by atoms with Gasteiger partial charge in [0.25, 0.3) is 5.91 Å². The van der Waals surface area contributed by atoms with Crippen molar-refractivity contribution < 1.29 is 9.59 Å². The third kappa shape index (κ3) is 4.89. The Hall–Kier alpha value is -3.12. The lowest BCUT2D eigenvalue weighted by atomic mass is 10.1. The van der Waals surface area contributed by atoms with Crippen molar-refractivity contribution in [1.29, 1.82) is 0 Å². The summed E-state index contributed by atoms with van der Waals surface area (Å²) in [5.74, 6) is 0.521. The number of benzene rings is 2. The molecular formula is C24H23N3O2S. The van der Waals surface area contributed by atoms with Crippen LogP contribution in [0.1, 0.15) is 32.6 Å². The second-order valence-electron chi connectivity index (χ2n) is 7.11.